The van der Waals surface area contributed by atoms with E-state index >= 15 is 0 Å². The first-order valence-corrected chi connectivity index (χ1v) is 10.2. The van der Waals surface area contributed by atoms with Crippen LogP contribution in [0.4, 0.5) is 5.69 Å². The first kappa shape index (κ1) is 18.9. The molecule has 2 N–H and O–H groups in total. The van der Waals surface area contributed by atoms with Crippen molar-refractivity contribution in [1.82, 2.24) is 9.10 Å². The Kier molecular flexibility index (Phi) is 5.11. The summed E-state index contributed by atoms with van der Waals surface area (Å²) < 4.78 is 36.0. The Balaban J connectivity index is 1.86. The van der Waals surface area contributed by atoms with Crippen LogP contribution < -0.4 is 14.8 Å². The van der Waals surface area contributed by atoms with Crippen LogP contribution in [-0.2, 0) is 14.8 Å². The molecule has 1 aliphatic rings. The number of rotatable bonds is 4. The van der Waals surface area contributed by atoms with Crippen molar-refractivity contribution in [2.24, 2.45) is 0 Å². The molecule has 0 fully saturated rings. The van der Waals surface area contributed by atoms with Crippen LogP contribution in [0.1, 0.15) is 23.8 Å². The monoisotopic (exact) mass is 435 g/mol. The van der Waals surface area contributed by atoms with Gasteiger partial charge >= 0.3 is 0 Å². The van der Waals surface area contributed by atoms with Crippen molar-refractivity contribution >= 4 is 62.3 Å². The zero-order valence-electron chi connectivity index (χ0n) is 13.1. The molecule has 2 aromatic rings. The highest BCUT2D eigenvalue weighted by molar-refractivity contribution is 7.90. The second kappa shape index (κ2) is 7.03. The Morgan fingerprint density at radius 3 is 2.77 bits per heavy atom. The molecule has 0 unspecified atom stereocenters. The maximum absolute atomic E-state index is 12.4. The molecular weight excluding hydrogens is 425 g/mol. The molecule has 2 amide bonds. The van der Waals surface area contributed by atoms with Crippen LogP contribution in [0.5, 0.6) is 5.75 Å². The number of nitrogens with one attached hydrogen (secondary N) is 2. The maximum Gasteiger partial charge on any atom is 0.286 e. The molecule has 0 spiro atoms. The van der Waals surface area contributed by atoms with E-state index in [-0.39, 0.29) is 31.5 Å². The lowest BCUT2D eigenvalue weighted by Crippen LogP contribution is -2.36. The van der Waals surface area contributed by atoms with E-state index in [1.165, 1.54) is 18.2 Å². The third kappa shape index (κ3) is 3.50. The van der Waals surface area contributed by atoms with Gasteiger partial charge in [-0.05, 0) is 36.2 Å². The van der Waals surface area contributed by atoms with Gasteiger partial charge in [-0.25, -0.2) is 13.1 Å². The van der Waals surface area contributed by atoms with E-state index in [4.69, 9.17) is 27.9 Å². The van der Waals surface area contributed by atoms with Crippen LogP contribution in [0.3, 0.4) is 0 Å². The van der Waals surface area contributed by atoms with E-state index in [0.717, 1.165) is 11.5 Å². The Labute approximate surface area is 162 Å². The van der Waals surface area contributed by atoms with Crippen LogP contribution in [0.15, 0.2) is 23.1 Å². The highest BCUT2D eigenvalue weighted by Gasteiger charge is 2.29. The normalized spacial score (nSPS) is 16.4. The van der Waals surface area contributed by atoms with Crippen molar-refractivity contribution in [3.63, 3.8) is 0 Å². The number of nitrogens with zero attached hydrogens (tertiary/aromatic N) is 1. The van der Waals surface area contributed by atoms with Gasteiger partial charge in [-0.1, -0.05) is 30.1 Å². The van der Waals surface area contributed by atoms with E-state index in [1.807, 2.05) is 4.72 Å². The molecule has 3 rings (SSSR count). The standard InChI is InChI=1S/C14H11Cl2N3O5S2/c1-2-8-13(20)17-7-5-6(3-4-9(7)24-8)26(22,23)19-14(21)11-10(15)12(16)25-18-11/h3-5,8H,2H2,1H3,(H,17,20)(H,19,21)/t8-/m1/s1. The molecule has 0 saturated carbocycles. The van der Waals surface area contributed by atoms with E-state index in [1.54, 1.807) is 6.92 Å². The maximum atomic E-state index is 12.4. The minimum absolute atomic E-state index is 0.0772. The largest absolute Gasteiger partial charge is 0.478 e. The van der Waals surface area contributed by atoms with Gasteiger partial charge in [-0.3, -0.25) is 9.59 Å². The lowest BCUT2D eigenvalue weighted by Gasteiger charge is -2.25. The van der Waals surface area contributed by atoms with Gasteiger partial charge < -0.3 is 10.1 Å². The van der Waals surface area contributed by atoms with Crippen molar-refractivity contribution in [2.75, 3.05) is 5.32 Å². The quantitative estimate of drug-likeness (QED) is 0.762. The molecule has 0 saturated heterocycles. The van der Waals surface area contributed by atoms with Gasteiger partial charge in [0.15, 0.2) is 11.8 Å². The number of aromatic nitrogens is 1. The Morgan fingerprint density at radius 1 is 1.42 bits per heavy atom. The second-order valence-electron chi connectivity index (χ2n) is 5.22. The zero-order chi connectivity index (χ0) is 19.1. The summed E-state index contributed by atoms with van der Waals surface area (Å²) in [5, 5.41) is 2.46. The number of sulfonamides is 1. The van der Waals surface area contributed by atoms with Crippen LogP contribution in [0.25, 0.3) is 0 Å². The zero-order valence-corrected chi connectivity index (χ0v) is 16.2. The molecule has 0 aliphatic carbocycles. The minimum atomic E-state index is -4.23. The summed E-state index contributed by atoms with van der Waals surface area (Å²) in [4.78, 5) is 23.7. The van der Waals surface area contributed by atoms with E-state index in [9.17, 15) is 18.0 Å². The molecule has 2 heterocycles. The predicted octanol–water partition coefficient (Wildman–Crippen LogP) is 2.68. The summed E-state index contributed by atoms with van der Waals surface area (Å²) in [7, 11) is -4.23. The number of carbonyl (C=O) groups excluding carboxylic acids is 2. The Bertz CT molecular complexity index is 1010. The van der Waals surface area contributed by atoms with Gasteiger partial charge in [0.1, 0.15) is 15.1 Å². The Morgan fingerprint density at radius 2 is 2.15 bits per heavy atom. The first-order valence-electron chi connectivity index (χ1n) is 7.22. The third-order valence-corrected chi connectivity index (χ3v) is 6.43. The summed E-state index contributed by atoms with van der Waals surface area (Å²) in [5.41, 5.74) is -0.0876. The lowest BCUT2D eigenvalue weighted by atomic mass is 10.2. The highest BCUT2D eigenvalue weighted by atomic mass is 35.5. The lowest BCUT2D eigenvalue weighted by molar-refractivity contribution is -0.123. The van der Waals surface area contributed by atoms with Gasteiger partial charge in [0, 0.05) is 0 Å². The summed E-state index contributed by atoms with van der Waals surface area (Å²) >= 11 is 12.3. The van der Waals surface area contributed by atoms with E-state index < -0.39 is 22.0 Å². The van der Waals surface area contributed by atoms with E-state index in [0.29, 0.717) is 12.2 Å². The number of amides is 2. The summed E-state index contributed by atoms with van der Waals surface area (Å²) in [6, 6.07) is 3.86. The fourth-order valence-electron chi connectivity index (χ4n) is 2.19. The summed E-state index contributed by atoms with van der Waals surface area (Å²) in [6.45, 7) is 1.79. The van der Waals surface area contributed by atoms with Gasteiger partial charge in [0.2, 0.25) is 0 Å². The molecule has 26 heavy (non-hydrogen) atoms. The minimum Gasteiger partial charge on any atom is -0.478 e. The van der Waals surface area contributed by atoms with Crippen LogP contribution in [0.2, 0.25) is 9.36 Å². The van der Waals surface area contributed by atoms with Crippen molar-refractivity contribution < 1.29 is 22.7 Å². The number of halogens is 2. The number of hydrogen-bond acceptors (Lipinski definition) is 7. The second-order valence-corrected chi connectivity index (χ2v) is 8.65. The number of anilines is 1. The first-order chi connectivity index (χ1) is 12.2. The topological polar surface area (TPSA) is 114 Å². The molecule has 0 bridgehead atoms. The van der Waals surface area contributed by atoms with Gasteiger partial charge in [0.25, 0.3) is 21.8 Å². The molecule has 8 nitrogen and oxygen atoms in total. The number of benzene rings is 1. The van der Waals surface area contributed by atoms with Gasteiger partial charge in [0.05, 0.1) is 10.6 Å². The fraction of sp³-hybridized carbons (Fsp3) is 0.214. The van der Waals surface area contributed by atoms with Crippen LogP contribution in [0, 0.1) is 0 Å². The predicted molar refractivity (Wildman–Crippen MR) is 96.6 cm³/mol. The van der Waals surface area contributed by atoms with E-state index in [2.05, 4.69) is 9.69 Å². The van der Waals surface area contributed by atoms with Crippen molar-refractivity contribution in [1.29, 1.82) is 0 Å². The number of hydrogen-bond donors (Lipinski definition) is 2. The van der Waals surface area contributed by atoms with Crippen molar-refractivity contribution in [3.8, 4) is 5.75 Å². The average Bonchev–Trinajstić information content (AvgIpc) is 2.92. The number of ether oxygens (including phenoxy) is 1. The third-order valence-electron chi connectivity index (χ3n) is 3.49. The molecule has 1 aromatic carbocycles. The molecule has 1 aromatic heterocycles. The molecule has 1 aliphatic heterocycles. The smallest absolute Gasteiger partial charge is 0.286 e. The molecular formula is C14H11Cl2N3O5S2. The summed E-state index contributed by atoms with van der Waals surface area (Å²) in [6.07, 6.45) is -0.167. The van der Waals surface area contributed by atoms with Gasteiger partial charge in [-0.15, -0.1) is 0 Å². The van der Waals surface area contributed by atoms with Crippen LogP contribution in [-0.4, -0.2) is 30.7 Å². The van der Waals surface area contributed by atoms with Gasteiger partial charge in [-0.2, -0.15) is 4.37 Å². The Hall–Kier alpha value is -1.88. The summed E-state index contributed by atoms with van der Waals surface area (Å²) in [5.74, 6) is -1.04. The fourth-order valence-corrected chi connectivity index (χ4v) is 4.17. The van der Waals surface area contributed by atoms with Crippen LogP contribution >= 0.6 is 34.7 Å². The molecule has 1 atom stereocenters. The van der Waals surface area contributed by atoms with Crippen molar-refractivity contribution in [3.05, 3.63) is 33.3 Å². The van der Waals surface area contributed by atoms with Crippen molar-refractivity contribution in [2.45, 2.75) is 24.3 Å². The number of fused-ring (bicyclic) bond motifs is 1. The number of carbonyl (C=O) groups is 2. The average molecular weight is 436 g/mol. The molecule has 12 heteroatoms. The molecule has 138 valence electrons. The highest BCUT2D eigenvalue weighted by Crippen LogP contribution is 2.33. The molecule has 0 radical (unpaired) electrons. The SMILES string of the molecule is CC[C@H]1Oc2ccc(S(=O)(=O)NC(=O)c3nsc(Cl)c3Cl)cc2NC1=O.